The van der Waals surface area contributed by atoms with Crippen LogP contribution in [0, 0.1) is 11.8 Å². The normalized spacial score (nSPS) is 22.3. The van der Waals surface area contributed by atoms with Gasteiger partial charge in [0.1, 0.15) is 23.7 Å². The lowest BCUT2D eigenvalue weighted by Gasteiger charge is -2.38. The van der Waals surface area contributed by atoms with Crippen molar-refractivity contribution in [2.45, 2.75) is 69.6 Å². The Morgan fingerprint density at radius 3 is 2.55 bits per heavy atom. The number of benzene rings is 2. The van der Waals surface area contributed by atoms with Crippen molar-refractivity contribution in [1.29, 1.82) is 0 Å². The maximum Gasteiger partial charge on any atom is 0.270 e. The first-order valence-electron chi connectivity index (χ1n) is 16.9. The van der Waals surface area contributed by atoms with Gasteiger partial charge in [-0.05, 0) is 73.4 Å². The van der Waals surface area contributed by atoms with Crippen molar-refractivity contribution in [3.8, 4) is 0 Å². The number of hydrogen-bond acceptors (Lipinski definition) is 6. The van der Waals surface area contributed by atoms with E-state index in [0.29, 0.717) is 47.2 Å². The number of amides is 3. The summed E-state index contributed by atoms with van der Waals surface area (Å²) in [5, 5.41) is 13.7. The van der Waals surface area contributed by atoms with E-state index in [4.69, 9.17) is 21.3 Å². The maximum atomic E-state index is 14.1. The Bertz CT molecular complexity index is 1830. The molecule has 4 aromatic rings. The second-order valence-corrected chi connectivity index (χ2v) is 13.9. The van der Waals surface area contributed by atoms with Crippen LogP contribution in [0.1, 0.15) is 79.4 Å². The molecular formula is C36H43ClFN7O4. The van der Waals surface area contributed by atoms with E-state index in [1.807, 2.05) is 49.4 Å². The number of alkyl halides is 1. The number of fused-ring (bicyclic) bond motifs is 1. The number of ether oxygens (including phenoxy) is 1. The van der Waals surface area contributed by atoms with E-state index < -0.39 is 23.7 Å². The first kappa shape index (κ1) is 34.6. The molecule has 4 N–H and O–H groups in total. The molecule has 6 rings (SSSR count). The number of aromatic nitrogens is 4. The van der Waals surface area contributed by atoms with E-state index in [1.54, 1.807) is 19.3 Å². The number of halogens is 2. The van der Waals surface area contributed by atoms with Gasteiger partial charge in [0.2, 0.25) is 11.8 Å². The highest BCUT2D eigenvalue weighted by molar-refractivity contribution is 6.31. The van der Waals surface area contributed by atoms with Crippen molar-refractivity contribution in [3.05, 3.63) is 82.4 Å². The summed E-state index contributed by atoms with van der Waals surface area (Å²) < 4.78 is 21.1. The lowest BCUT2D eigenvalue weighted by Crippen LogP contribution is -2.58. The van der Waals surface area contributed by atoms with E-state index in [9.17, 15) is 18.8 Å². The Morgan fingerprint density at radius 2 is 1.92 bits per heavy atom. The van der Waals surface area contributed by atoms with Gasteiger partial charge >= 0.3 is 0 Å². The second kappa shape index (κ2) is 14.3. The number of carbonyl (C=O) groups is 3. The molecule has 1 saturated carbocycles. The fourth-order valence-corrected chi connectivity index (χ4v) is 7.47. The molecule has 2 aromatic heterocycles. The molecule has 1 unspecified atom stereocenters. The number of aromatic amines is 1. The van der Waals surface area contributed by atoms with Crippen LogP contribution in [-0.4, -0.2) is 69.4 Å². The van der Waals surface area contributed by atoms with E-state index in [2.05, 4.69) is 39.9 Å². The number of carbonyl (C=O) groups excluding carboxylic acids is 3. The molecule has 260 valence electrons. The molecule has 1 aliphatic carbocycles. The van der Waals surface area contributed by atoms with Crippen molar-refractivity contribution in [2.24, 2.45) is 18.9 Å². The van der Waals surface area contributed by atoms with Gasteiger partial charge in [-0.3, -0.25) is 19.1 Å². The number of imidazole rings is 1. The Hall–Kier alpha value is -4.29. The standard InChI is InChI=1S/C36H43ClFN7O4/c1-5-39-34(47)30(21-16-23(38)17-21)44-35(48)36(13-15-49-19-36)22-10-11-26-27(18-22)42-32(41-26)31(43-33(46)28-12-14-40-45(28)4)29(20(2)3)24-8-6-7-9-25(24)37/h6-12,14,18,20-21,23,29-31H,5,13,15-17,19H2,1-4H3,(H,39,47)(H,41,42)(H,43,46)(H,44,48)/t21?,23?,29-,30+,31-,36?/m0/s1. The number of rotatable bonds is 12. The lowest BCUT2D eigenvalue weighted by atomic mass is 9.75. The van der Waals surface area contributed by atoms with Crippen LogP contribution in [0.3, 0.4) is 0 Å². The largest absolute Gasteiger partial charge is 0.380 e. The SMILES string of the molecule is CCNC(=O)[C@H](NC(=O)C1(c2ccc3[nH]c([C@@H](NC(=O)c4ccnn4C)[C@H](c4ccccc4Cl)C(C)C)nc3c2)CCOC1)C1CC(F)C1. The minimum atomic E-state index is -1.07. The summed E-state index contributed by atoms with van der Waals surface area (Å²) in [6, 6.07) is 13.4. The number of likely N-dealkylation sites (N-methyl/N-ethyl adjacent to an activating group) is 1. The van der Waals surface area contributed by atoms with Crippen molar-refractivity contribution in [1.82, 2.24) is 35.7 Å². The molecule has 13 heteroatoms. The topological polar surface area (TPSA) is 143 Å². The lowest BCUT2D eigenvalue weighted by molar-refractivity contribution is -0.135. The third-order valence-electron chi connectivity index (χ3n) is 10.00. The van der Waals surface area contributed by atoms with Crippen LogP contribution >= 0.6 is 11.6 Å². The molecule has 3 heterocycles. The molecule has 0 radical (unpaired) electrons. The van der Waals surface area contributed by atoms with Gasteiger partial charge in [-0.1, -0.05) is 49.7 Å². The van der Waals surface area contributed by atoms with Crippen molar-refractivity contribution < 1.29 is 23.5 Å². The molecule has 1 aliphatic heterocycles. The zero-order valence-electron chi connectivity index (χ0n) is 28.1. The summed E-state index contributed by atoms with van der Waals surface area (Å²) in [6.45, 7) is 6.86. The highest BCUT2D eigenvalue weighted by atomic mass is 35.5. The van der Waals surface area contributed by atoms with Crippen LogP contribution in [0.5, 0.6) is 0 Å². The number of hydrogen-bond donors (Lipinski definition) is 4. The molecule has 2 fully saturated rings. The monoisotopic (exact) mass is 691 g/mol. The molecule has 0 bridgehead atoms. The highest BCUT2D eigenvalue weighted by Gasteiger charge is 2.48. The Kier molecular flexibility index (Phi) is 10.1. The van der Waals surface area contributed by atoms with Gasteiger partial charge in [-0.2, -0.15) is 5.10 Å². The summed E-state index contributed by atoms with van der Waals surface area (Å²) in [5.41, 5.74) is 2.23. The summed E-state index contributed by atoms with van der Waals surface area (Å²) >= 11 is 6.73. The van der Waals surface area contributed by atoms with Crippen LogP contribution in [-0.2, 0) is 26.8 Å². The molecular weight excluding hydrogens is 649 g/mol. The first-order valence-corrected chi connectivity index (χ1v) is 17.2. The van der Waals surface area contributed by atoms with Gasteiger partial charge < -0.3 is 25.7 Å². The van der Waals surface area contributed by atoms with Crippen LogP contribution in [0.25, 0.3) is 11.0 Å². The first-order chi connectivity index (χ1) is 23.5. The molecule has 4 atom stereocenters. The fraction of sp³-hybridized carbons (Fsp3) is 0.472. The summed E-state index contributed by atoms with van der Waals surface area (Å²) in [4.78, 5) is 49.2. The Labute approximate surface area is 289 Å². The van der Waals surface area contributed by atoms with Crippen molar-refractivity contribution >= 4 is 40.4 Å². The van der Waals surface area contributed by atoms with Gasteiger partial charge in [0.05, 0.1) is 29.1 Å². The molecule has 49 heavy (non-hydrogen) atoms. The zero-order valence-corrected chi connectivity index (χ0v) is 28.9. The molecule has 2 aromatic carbocycles. The quantitative estimate of drug-likeness (QED) is 0.167. The van der Waals surface area contributed by atoms with Gasteiger partial charge in [0.15, 0.2) is 0 Å². The Balaban J connectivity index is 1.36. The van der Waals surface area contributed by atoms with Gasteiger partial charge in [0, 0.05) is 37.3 Å². The van der Waals surface area contributed by atoms with E-state index >= 15 is 0 Å². The molecule has 0 spiro atoms. The van der Waals surface area contributed by atoms with Crippen LogP contribution < -0.4 is 16.0 Å². The van der Waals surface area contributed by atoms with E-state index in [-0.39, 0.29) is 54.9 Å². The number of nitrogens with zero attached hydrogens (tertiary/aromatic N) is 3. The second-order valence-electron chi connectivity index (χ2n) is 13.5. The van der Waals surface area contributed by atoms with E-state index in [1.165, 1.54) is 4.68 Å². The fourth-order valence-electron chi connectivity index (χ4n) is 7.20. The zero-order chi connectivity index (χ0) is 34.9. The molecule has 1 saturated heterocycles. The average Bonchev–Trinajstić information content (AvgIpc) is 3.82. The highest BCUT2D eigenvalue weighted by Crippen LogP contribution is 2.41. The predicted octanol–water partition coefficient (Wildman–Crippen LogP) is 4.89. The van der Waals surface area contributed by atoms with Gasteiger partial charge in [-0.15, -0.1) is 0 Å². The van der Waals surface area contributed by atoms with Crippen LogP contribution in [0.4, 0.5) is 4.39 Å². The van der Waals surface area contributed by atoms with Crippen molar-refractivity contribution in [3.63, 3.8) is 0 Å². The number of aryl methyl sites for hydroxylation is 1. The van der Waals surface area contributed by atoms with E-state index in [0.717, 1.165) is 11.1 Å². The molecule has 3 amide bonds. The molecule has 2 aliphatic rings. The summed E-state index contributed by atoms with van der Waals surface area (Å²) in [6.07, 6.45) is 1.48. The third kappa shape index (κ3) is 6.81. The predicted molar refractivity (Wildman–Crippen MR) is 184 cm³/mol. The smallest absolute Gasteiger partial charge is 0.270 e. The number of H-pyrrole nitrogens is 1. The van der Waals surface area contributed by atoms with Gasteiger partial charge in [-0.25, -0.2) is 9.37 Å². The van der Waals surface area contributed by atoms with Crippen molar-refractivity contribution in [2.75, 3.05) is 19.8 Å². The number of nitrogens with one attached hydrogen (secondary N) is 4. The average molecular weight is 692 g/mol. The summed E-state index contributed by atoms with van der Waals surface area (Å²) in [7, 11) is 1.71. The van der Waals surface area contributed by atoms with Crippen LogP contribution in [0.2, 0.25) is 5.02 Å². The van der Waals surface area contributed by atoms with Crippen LogP contribution in [0.15, 0.2) is 54.7 Å². The molecule has 11 nitrogen and oxygen atoms in total. The summed E-state index contributed by atoms with van der Waals surface area (Å²) in [5.74, 6) is -0.909. The van der Waals surface area contributed by atoms with Gasteiger partial charge in [0.25, 0.3) is 5.91 Å². The third-order valence-corrected chi connectivity index (χ3v) is 10.3. The minimum absolute atomic E-state index is 0.0457. The minimum Gasteiger partial charge on any atom is -0.380 e. The maximum absolute atomic E-state index is 14.1. The Morgan fingerprint density at radius 1 is 1.14 bits per heavy atom.